The van der Waals surface area contributed by atoms with Gasteiger partial charge in [-0.3, -0.25) is 9.89 Å². The number of carbonyl (C=O) groups excluding carboxylic acids is 1. The topological polar surface area (TPSA) is 133 Å². The second-order valence-corrected chi connectivity index (χ2v) is 7.49. The molecule has 0 saturated carbocycles. The lowest BCUT2D eigenvalue weighted by atomic mass is 10.2. The molecule has 3 aromatic rings. The van der Waals surface area contributed by atoms with E-state index in [9.17, 15) is 9.59 Å². The van der Waals surface area contributed by atoms with E-state index < -0.39 is 5.60 Å². The van der Waals surface area contributed by atoms with E-state index in [-0.39, 0.29) is 25.2 Å². The summed E-state index contributed by atoms with van der Waals surface area (Å²) in [5.74, 6) is 0.613. The first-order valence-electron chi connectivity index (χ1n) is 8.94. The SMILES string of the molecule is C.CC(C)(C)OC(=O)N1CC(Oc2cc(-n3[nH]cc(-n4ccnn4)c3=O)ncn2)C1. The van der Waals surface area contributed by atoms with Crippen LogP contribution in [0.4, 0.5) is 4.79 Å². The number of aromatic nitrogens is 7. The smallest absolute Gasteiger partial charge is 0.410 e. The molecule has 12 nitrogen and oxygen atoms in total. The molecule has 0 bridgehead atoms. The number of nitrogens with one attached hydrogen (secondary N) is 1. The number of likely N-dealkylation sites (tertiary alicyclic amines) is 1. The lowest BCUT2D eigenvalue weighted by Crippen LogP contribution is -2.57. The maximum absolute atomic E-state index is 12.6. The van der Waals surface area contributed by atoms with Crippen LogP contribution in [0.25, 0.3) is 11.5 Å². The van der Waals surface area contributed by atoms with Gasteiger partial charge in [0.05, 0.1) is 31.7 Å². The monoisotopic (exact) mass is 416 g/mol. The van der Waals surface area contributed by atoms with E-state index in [1.54, 1.807) is 17.2 Å². The van der Waals surface area contributed by atoms with Crippen LogP contribution in [0.2, 0.25) is 0 Å². The average molecular weight is 416 g/mol. The number of aromatic amines is 1. The van der Waals surface area contributed by atoms with Crippen LogP contribution in [0.3, 0.4) is 0 Å². The molecular formula is C18H24N8O4. The Hall–Kier alpha value is -3.70. The second kappa shape index (κ2) is 7.97. The Labute approximate surface area is 172 Å². The number of H-pyrrole nitrogens is 1. The van der Waals surface area contributed by atoms with Crippen molar-refractivity contribution < 1.29 is 14.3 Å². The van der Waals surface area contributed by atoms with Crippen molar-refractivity contribution in [3.8, 4) is 17.4 Å². The maximum Gasteiger partial charge on any atom is 0.410 e. The van der Waals surface area contributed by atoms with Gasteiger partial charge in [0, 0.05) is 6.07 Å². The Morgan fingerprint density at radius 2 is 2.03 bits per heavy atom. The van der Waals surface area contributed by atoms with Gasteiger partial charge in [0.1, 0.15) is 18.0 Å². The first kappa shape index (κ1) is 21.0. The van der Waals surface area contributed by atoms with E-state index in [4.69, 9.17) is 9.47 Å². The Morgan fingerprint density at radius 1 is 1.27 bits per heavy atom. The number of carbonyl (C=O) groups is 1. The minimum atomic E-state index is -0.543. The van der Waals surface area contributed by atoms with E-state index in [1.807, 2.05) is 20.8 Å². The van der Waals surface area contributed by atoms with Gasteiger partial charge >= 0.3 is 6.09 Å². The quantitative estimate of drug-likeness (QED) is 0.670. The summed E-state index contributed by atoms with van der Waals surface area (Å²) in [6.45, 7) is 6.24. The van der Waals surface area contributed by atoms with Crippen molar-refractivity contribution >= 4 is 6.09 Å². The molecule has 0 aromatic carbocycles. The minimum absolute atomic E-state index is 0. The van der Waals surface area contributed by atoms with Crippen LogP contribution in [0, 0.1) is 0 Å². The lowest BCUT2D eigenvalue weighted by molar-refractivity contribution is -0.0232. The summed E-state index contributed by atoms with van der Waals surface area (Å²) in [7, 11) is 0. The van der Waals surface area contributed by atoms with Gasteiger partial charge in [0.25, 0.3) is 5.56 Å². The highest BCUT2D eigenvalue weighted by Crippen LogP contribution is 2.20. The molecule has 4 rings (SSSR count). The highest BCUT2D eigenvalue weighted by Gasteiger charge is 2.35. The van der Waals surface area contributed by atoms with Gasteiger partial charge in [-0.2, -0.15) is 4.68 Å². The minimum Gasteiger partial charge on any atom is -0.470 e. The molecule has 1 N–H and O–H groups in total. The second-order valence-electron chi connectivity index (χ2n) is 7.49. The maximum atomic E-state index is 12.6. The van der Waals surface area contributed by atoms with Gasteiger partial charge in [0.15, 0.2) is 11.5 Å². The molecule has 30 heavy (non-hydrogen) atoms. The van der Waals surface area contributed by atoms with Crippen molar-refractivity contribution in [3.63, 3.8) is 0 Å². The summed E-state index contributed by atoms with van der Waals surface area (Å²) in [5.41, 5.74) is -0.589. The van der Waals surface area contributed by atoms with Gasteiger partial charge in [0.2, 0.25) is 5.88 Å². The predicted molar refractivity (Wildman–Crippen MR) is 106 cm³/mol. The molecule has 4 heterocycles. The van der Waals surface area contributed by atoms with Crippen LogP contribution in [0.5, 0.6) is 5.88 Å². The predicted octanol–water partition coefficient (Wildman–Crippen LogP) is 1.17. The van der Waals surface area contributed by atoms with E-state index in [2.05, 4.69) is 25.4 Å². The number of hydrogen-bond acceptors (Lipinski definition) is 8. The average Bonchev–Trinajstić information content (AvgIpc) is 3.25. The van der Waals surface area contributed by atoms with Gasteiger partial charge in [-0.15, -0.1) is 5.10 Å². The number of rotatable bonds is 4. The Morgan fingerprint density at radius 3 is 2.70 bits per heavy atom. The van der Waals surface area contributed by atoms with Crippen molar-refractivity contribution in [1.82, 2.24) is 39.6 Å². The number of ether oxygens (including phenoxy) is 2. The molecule has 1 aliphatic heterocycles. The Bertz CT molecular complexity index is 1060. The zero-order valence-electron chi connectivity index (χ0n) is 16.1. The molecular weight excluding hydrogens is 392 g/mol. The highest BCUT2D eigenvalue weighted by molar-refractivity contribution is 5.69. The zero-order chi connectivity index (χ0) is 20.6. The van der Waals surface area contributed by atoms with Crippen LogP contribution in [0.1, 0.15) is 28.2 Å². The summed E-state index contributed by atoms with van der Waals surface area (Å²) in [6.07, 6.45) is 5.26. The van der Waals surface area contributed by atoms with Crippen LogP contribution in [-0.2, 0) is 4.74 Å². The normalized spacial score (nSPS) is 14.0. The third-order valence-electron chi connectivity index (χ3n) is 4.07. The van der Waals surface area contributed by atoms with Crippen molar-refractivity contribution in [2.45, 2.75) is 39.9 Å². The number of hydrogen-bond donors (Lipinski definition) is 1. The fraction of sp³-hybridized carbons (Fsp3) is 0.444. The first-order chi connectivity index (χ1) is 13.8. The molecule has 1 fully saturated rings. The molecule has 0 aliphatic carbocycles. The highest BCUT2D eigenvalue weighted by atomic mass is 16.6. The van der Waals surface area contributed by atoms with E-state index in [0.717, 1.165) is 0 Å². The van der Waals surface area contributed by atoms with Gasteiger partial charge < -0.3 is 14.4 Å². The largest absolute Gasteiger partial charge is 0.470 e. The summed E-state index contributed by atoms with van der Waals surface area (Å²) < 4.78 is 13.7. The van der Waals surface area contributed by atoms with Gasteiger partial charge in [-0.05, 0) is 20.8 Å². The third-order valence-corrected chi connectivity index (χ3v) is 4.07. The van der Waals surface area contributed by atoms with Gasteiger partial charge in [-0.25, -0.2) is 19.4 Å². The van der Waals surface area contributed by atoms with E-state index >= 15 is 0 Å². The van der Waals surface area contributed by atoms with E-state index in [0.29, 0.717) is 30.5 Å². The van der Waals surface area contributed by atoms with Gasteiger partial charge in [-0.1, -0.05) is 12.6 Å². The van der Waals surface area contributed by atoms with Crippen LogP contribution < -0.4 is 10.3 Å². The Balaban J connectivity index is 0.00000256. The van der Waals surface area contributed by atoms with Crippen molar-refractivity contribution in [1.29, 1.82) is 0 Å². The lowest BCUT2D eigenvalue weighted by Gasteiger charge is -2.39. The summed E-state index contributed by atoms with van der Waals surface area (Å²) in [6, 6.07) is 1.54. The molecule has 1 aliphatic rings. The zero-order valence-corrected chi connectivity index (χ0v) is 16.1. The Kier molecular flexibility index (Phi) is 5.58. The molecule has 0 radical (unpaired) electrons. The fourth-order valence-electron chi connectivity index (χ4n) is 2.71. The summed E-state index contributed by atoms with van der Waals surface area (Å²) >= 11 is 0. The van der Waals surface area contributed by atoms with Crippen molar-refractivity contribution in [2.24, 2.45) is 0 Å². The molecule has 0 atom stereocenters. The standard InChI is InChI=1S/C17H20N8O4.CH4/c1-17(2,3)29-16(27)23-8-11(9-23)28-14-6-13(18-10-19-14)25-15(26)12(7-21-25)24-5-4-20-22-24;/h4-7,10-11,21H,8-9H2,1-3H3;1H4. The first-order valence-corrected chi connectivity index (χ1v) is 8.94. The van der Waals surface area contributed by atoms with Crippen molar-refractivity contribution in [2.75, 3.05) is 13.1 Å². The van der Waals surface area contributed by atoms with Crippen LogP contribution >= 0.6 is 0 Å². The molecule has 0 spiro atoms. The number of amides is 1. The van der Waals surface area contributed by atoms with E-state index in [1.165, 1.54) is 28.1 Å². The molecule has 12 heteroatoms. The van der Waals surface area contributed by atoms with Crippen LogP contribution in [0.15, 0.2) is 35.8 Å². The summed E-state index contributed by atoms with van der Waals surface area (Å²) in [4.78, 5) is 34.3. The summed E-state index contributed by atoms with van der Waals surface area (Å²) in [5, 5.41) is 10.3. The molecule has 1 amide bonds. The fourth-order valence-corrected chi connectivity index (χ4v) is 2.71. The van der Waals surface area contributed by atoms with Crippen LogP contribution in [-0.4, -0.2) is 70.5 Å². The molecule has 0 unspecified atom stereocenters. The number of nitrogens with zero attached hydrogens (tertiary/aromatic N) is 7. The molecule has 1 saturated heterocycles. The van der Waals surface area contributed by atoms with Crippen molar-refractivity contribution in [3.05, 3.63) is 41.3 Å². The molecule has 3 aromatic heterocycles. The third kappa shape index (κ3) is 4.31. The molecule has 160 valence electrons.